The van der Waals surface area contributed by atoms with E-state index >= 15 is 0 Å². The van der Waals surface area contributed by atoms with Crippen LogP contribution in [0.1, 0.15) is 11.1 Å². The van der Waals surface area contributed by atoms with Gasteiger partial charge in [-0.2, -0.15) is 13.2 Å². The summed E-state index contributed by atoms with van der Waals surface area (Å²) in [5.41, 5.74) is 3.17. The van der Waals surface area contributed by atoms with Crippen LogP contribution in [0.2, 0.25) is 0 Å². The first kappa shape index (κ1) is 14.5. The molecule has 6 nitrogen and oxygen atoms in total. The van der Waals surface area contributed by atoms with Crippen molar-refractivity contribution in [2.45, 2.75) is 6.18 Å². The number of amidine groups is 1. The summed E-state index contributed by atoms with van der Waals surface area (Å²) in [7, 11) is 0. The molecule has 0 atom stereocenters. The van der Waals surface area contributed by atoms with Crippen molar-refractivity contribution < 1.29 is 23.3 Å². The van der Waals surface area contributed by atoms with Crippen molar-refractivity contribution in [3.05, 3.63) is 45.5 Å². The Labute approximate surface area is 104 Å². The normalized spacial score (nSPS) is 12.9. The van der Waals surface area contributed by atoms with Gasteiger partial charge in [0.1, 0.15) is 0 Å². The maximum absolute atomic E-state index is 12.4. The fourth-order valence-electron chi connectivity index (χ4n) is 1.23. The maximum Gasteiger partial charge on any atom is 0.416 e. The number of rotatable bonds is 3. The Hall–Kier alpha value is -2.58. The second-order valence-electron chi connectivity index (χ2n) is 3.39. The highest BCUT2D eigenvalue weighted by atomic mass is 19.4. The van der Waals surface area contributed by atoms with Gasteiger partial charge in [0.05, 0.1) is 16.1 Å². The molecule has 9 heteroatoms. The number of nitrogens with zero attached hydrogens (tertiary/aromatic N) is 2. The number of nitro benzene ring substituents is 1. The SMILES string of the molecule is NC(/C=C/c1ccc(C(F)(F)F)cc1[N+](=O)[O-])=N/O. The molecule has 3 N–H and O–H groups in total. The van der Waals surface area contributed by atoms with Gasteiger partial charge in [0.25, 0.3) is 5.69 Å². The molecule has 0 fully saturated rings. The van der Waals surface area contributed by atoms with Crippen molar-refractivity contribution in [1.29, 1.82) is 0 Å². The summed E-state index contributed by atoms with van der Waals surface area (Å²) in [6.45, 7) is 0. The predicted octanol–water partition coefficient (Wildman–Crippen LogP) is 2.37. The van der Waals surface area contributed by atoms with Crippen molar-refractivity contribution in [1.82, 2.24) is 0 Å². The van der Waals surface area contributed by atoms with E-state index in [1.165, 1.54) is 0 Å². The third-order valence-corrected chi connectivity index (χ3v) is 2.10. The highest BCUT2D eigenvalue weighted by molar-refractivity contribution is 5.95. The molecule has 0 spiro atoms. The summed E-state index contributed by atoms with van der Waals surface area (Å²) < 4.78 is 37.3. The van der Waals surface area contributed by atoms with Gasteiger partial charge in [-0.1, -0.05) is 5.16 Å². The molecule has 0 heterocycles. The summed E-state index contributed by atoms with van der Waals surface area (Å²) >= 11 is 0. The fourth-order valence-corrected chi connectivity index (χ4v) is 1.23. The smallest absolute Gasteiger partial charge is 0.409 e. The highest BCUT2D eigenvalue weighted by Gasteiger charge is 2.32. The van der Waals surface area contributed by atoms with Crippen LogP contribution in [0, 0.1) is 10.1 Å². The Balaban J connectivity index is 3.27. The fraction of sp³-hybridized carbons (Fsp3) is 0.100. The van der Waals surface area contributed by atoms with Crippen LogP contribution in [0.15, 0.2) is 29.4 Å². The number of hydrogen-bond donors (Lipinski definition) is 2. The van der Waals surface area contributed by atoms with Gasteiger partial charge < -0.3 is 10.9 Å². The Morgan fingerprint density at radius 2 is 2.11 bits per heavy atom. The molecule has 0 amide bonds. The molecular formula is C10H8F3N3O3. The van der Waals surface area contributed by atoms with E-state index in [-0.39, 0.29) is 11.4 Å². The van der Waals surface area contributed by atoms with Crippen molar-refractivity contribution in [2.24, 2.45) is 10.9 Å². The lowest BCUT2D eigenvalue weighted by atomic mass is 10.1. The van der Waals surface area contributed by atoms with Crippen LogP contribution in [0.25, 0.3) is 6.08 Å². The van der Waals surface area contributed by atoms with E-state index in [9.17, 15) is 23.3 Å². The van der Waals surface area contributed by atoms with Crippen molar-refractivity contribution in [3.63, 3.8) is 0 Å². The van der Waals surface area contributed by atoms with Gasteiger partial charge >= 0.3 is 6.18 Å². The maximum atomic E-state index is 12.4. The zero-order chi connectivity index (χ0) is 14.6. The zero-order valence-electron chi connectivity index (χ0n) is 9.26. The number of nitro groups is 1. The molecule has 0 saturated heterocycles. The molecule has 0 unspecified atom stereocenters. The molecule has 0 radical (unpaired) electrons. The van der Waals surface area contributed by atoms with Crippen LogP contribution in [-0.2, 0) is 6.18 Å². The number of halogens is 3. The molecule has 1 rings (SSSR count). The van der Waals surface area contributed by atoms with Gasteiger partial charge in [0.15, 0.2) is 5.84 Å². The second kappa shape index (κ2) is 5.38. The molecule has 0 saturated carbocycles. The molecule has 1 aromatic rings. The van der Waals surface area contributed by atoms with Gasteiger partial charge in [0.2, 0.25) is 0 Å². The Morgan fingerprint density at radius 3 is 2.58 bits per heavy atom. The minimum atomic E-state index is -4.67. The molecule has 1 aromatic carbocycles. The van der Waals surface area contributed by atoms with E-state index in [2.05, 4.69) is 5.16 Å². The van der Waals surface area contributed by atoms with Crippen LogP contribution < -0.4 is 5.73 Å². The van der Waals surface area contributed by atoms with Crippen LogP contribution >= 0.6 is 0 Å². The zero-order valence-corrected chi connectivity index (χ0v) is 9.26. The standard InChI is InChI=1S/C10H8F3N3O3/c11-10(12,13)7-3-1-6(2-4-9(14)15-17)8(5-7)16(18)19/h1-5,17H,(H2,14,15)/b4-2+. The van der Waals surface area contributed by atoms with Gasteiger partial charge in [-0.25, -0.2) is 0 Å². The lowest BCUT2D eigenvalue weighted by Gasteiger charge is -2.07. The van der Waals surface area contributed by atoms with E-state index in [1.807, 2.05) is 0 Å². The third-order valence-electron chi connectivity index (χ3n) is 2.10. The Bertz CT molecular complexity index is 553. The van der Waals surface area contributed by atoms with E-state index in [0.29, 0.717) is 12.1 Å². The molecule has 0 aromatic heterocycles. The molecule has 0 aliphatic carbocycles. The van der Waals surface area contributed by atoms with Crippen molar-refractivity contribution in [2.75, 3.05) is 0 Å². The minimum Gasteiger partial charge on any atom is -0.409 e. The van der Waals surface area contributed by atoms with Gasteiger partial charge in [0, 0.05) is 6.07 Å². The Morgan fingerprint density at radius 1 is 1.47 bits per heavy atom. The highest BCUT2D eigenvalue weighted by Crippen LogP contribution is 2.33. The molecule has 19 heavy (non-hydrogen) atoms. The topological polar surface area (TPSA) is 102 Å². The summed E-state index contributed by atoms with van der Waals surface area (Å²) in [4.78, 5) is 9.77. The lowest BCUT2D eigenvalue weighted by Crippen LogP contribution is -2.07. The summed E-state index contributed by atoms with van der Waals surface area (Å²) in [6, 6.07) is 2.06. The van der Waals surface area contributed by atoms with Crippen LogP contribution in [0.4, 0.5) is 18.9 Å². The number of nitrogens with two attached hydrogens (primary N) is 1. The predicted molar refractivity (Wildman–Crippen MR) is 60.5 cm³/mol. The van der Waals surface area contributed by atoms with Crippen LogP contribution in [0.5, 0.6) is 0 Å². The molecule has 102 valence electrons. The van der Waals surface area contributed by atoms with Crippen molar-refractivity contribution in [3.8, 4) is 0 Å². The summed E-state index contributed by atoms with van der Waals surface area (Å²) in [6.07, 6.45) is -2.57. The number of benzene rings is 1. The quantitative estimate of drug-likeness (QED) is 0.290. The first-order valence-corrected chi connectivity index (χ1v) is 4.77. The monoisotopic (exact) mass is 275 g/mol. The average Bonchev–Trinajstić information content (AvgIpc) is 2.34. The molecule has 0 aliphatic rings. The van der Waals surface area contributed by atoms with Crippen LogP contribution in [-0.4, -0.2) is 16.0 Å². The van der Waals surface area contributed by atoms with E-state index in [0.717, 1.165) is 18.2 Å². The first-order chi connectivity index (χ1) is 8.75. The Kier molecular flexibility index (Phi) is 4.10. The van der Waals surface area contributed by atoms with Gasteiger partial charge in [-0.3, -0.25) is 10.1 Å². The largest absolute Gasteiger partial charge is 0.416 e. The number of alkyl halides is 3. The second-order valence-corrected chi connectivity index (χ2v) is 3.39. The summed E-state index contributed by atoms with van der Waals surface area (Å²) in [5.74, 6) is -0.339. The first-order valence-electron chi connectivity index (χ1n) is 4.77. The number of hydrogen-bond acceptors (Lipinski definition) is 4. The lowest BCUT2D eigenvalue weighted by molar-refractivity contribution is -0.385. The molecule has 0 bridgehead atoms. The number of oxime groups is 1. The van der Waals surface area contributed by atoms with Crippen LogP contribution in [0.3, 0.4) is 0 Å². The van der Waals surface area contributed by atoms with Gasteiger partial charge in [-0.15, -0.1) is 0 Å². The average molecular weight is 275 g/mol. The van der Waals surface area contributed by atoms with E-state index in [4.69, 9.17) is 10.9 Å². The molecule has 0 aliphatic heterocycles. The van der Waals surface area contributed by atoms with Crippen molar-refractivity contribution >= 4 is 17.6 Å². The summed E-state index contributed by atoms with van der Waals surface area (Å²) in [5, 5.41) is 21.6. The third kappa shape index (κ3) is 3.69. The van der Waals surface area contributed by atoms with E-state index in [1.54, 1.807) is 0 Å². The van der Waals surface area contributed by atoms with E-state index < -0.39 is 22.4 Å². The molecular weight excluding hydrogens is 267 g/mol. The minimum absolute atomic E-state index is 0.0930. The van der Waals surface area contributed by atoms with Gasteiger partial charge in [-0.05, 0) is 24.3 Å².